The summed E-state index contributed by atoms with van der Waals surface area (Å²) in [5.41, 5.74) is 0.730. The Balaban J connectivity index is 2.07. The normalized spacial score (nSPS) is 14.9. The number of hydrogen-bond donors (Lipinski definition) is 2. The van der Waals surface area contributed by atoms with E-state index in [1.165, 1.54) is 25.7 Å². The number of methoxy groups -OCH3 is 2. The largest absolute Gasteiger partial charge is 0.495 e. The lowest BCUT2D eigenvalue weighted by Gasteiger charge is -2.18. The highest BCUT2D eigenvalue weighted by Gasteiger charge is 2.17. The van der Waals surface area contributed by atoms with Gasteiger partial charge in [0.25, 0.3) is 0 Å². The molecule has 0 aromatic heterocycles. The molecule has 2 N–H and O–H groups in total. The summed E-state index contributed by atoms with van der Waals surface area (Å²) in [4.78, 5) is 0. The third-order valence-electron chi connectivity index (χ3n) is 3.41. The monoisotopic (exact) mass is 314 g/mol. The van der Waals surface area contributed by atoms with Crippen LogP contribution in [0.2, 0.25) is 5.02 Å². The quantitative estimate of drug-likeness (QED) is 0.831. The van der Waals surface area contributed by atoms with E-state index in [2.05, 4.69) is 10.6 Å². The predicted molar refractivity (Wildman–Crippen MR) is 86.2 cm³/mol. The van der Waals surface area contributed by atoms with E-state index in [4.69, 9.17) is 33.3 Å². The molecule has 1 fully saturated rings. The molecule has 1 aliphatic carbocycles. The summed E-state index contributed by atoms with van der Waals surface area (Å²) in [6, 6.07) is 3.96. The first-order valence-electron chi connectivity index (χ1n) is 6.63. The van der Waals surface area contributed by atoms with Gasteiger partial charge in [-0.2, -0.15) is 0 Å². The van der Waals surface area contributed by atoms with Gasteiger partial charge in [0.15, 0.2) is 5.11 Å². The molecule has 0 heterocycles. The second-order valence-corrected chi connectivity index (χ2v) is 5.58. The molecule has 0 amide bonds. The van der Waals surface area contributed by atoms with E-state index in [9.17, 15) is 0 Å². The second-order valence-electron chi connectivity index (χ2n) is 4.77. The molecule has 0 radical (unpaired) electrons. The first-order chi connectivity index (χ1) is 9.63. The van der Waals surface area contributed by atoms with Crippen LogP contribution in [0, 0.1) is 0 Å². The number of rotatable bonds is 4. The van der Waals surface area contributed by atoms with Gasteiger partial charge in [-0.3, -0.25) is 0 Å². The van der Waals surface area contributed by atoms with Gasteiger partial charge in [-0.05, 0) is 31.1 Å². The molecule has 0 bridgehead atoms. The van der Waals surface area contributed by atoms with E-state index >= 15 is 0 Å². The molecule has 1 aromatic rings. The zero-order chi connectivity index (χ0) is 14.5. The lowest BCUT2D eigenvalue weighted by atomic mass is 10.2. The van der Waals surface area contributed by atoms with Crippen LogP contribution in [-0.4, -0.2) is 25.4 Å². The molecule has 2 rings (SSSR count). The lowest BCUT2D eigenvalue weighted by Crippen LogP contribution is -2.36. The third-order valence-corrected chi connectivity index (χ3v) is 3.93. The molecule has 0 spiro atoms. The van der Waals surface area contributed by atoms with Gasteiger partial charge < -0.3 is 20.1 Å². The van der Waals surface area contributed by atoms with Crippen molar-refractivity contribution in [1.82, 2.24) is 5.32 Å². The molecule has 0 aliphatic heterocycles. The summed E-state index contributed by atoms with van der Waals surface area (Å²) in [7, 11) is 3.17. The fourth-order valence-electron chi connectivity index (χ4n) is 2.37. The fraction of sp³-hybridized carbons (Fsp3) is 0.500. The molecule has 0 unspecified atom stereocenters. The molecule has 4 nitrogen and oxygen atoms in total. The summed E-state index contributed by atoms with van der Waals surface area (Å²) in [6.07, 6.45) is 4.86. The predicted octanol–water partition coefficient (Wildman–Crippen LogP) is 3.59. The first-order valence-corrected chi connectivity index (χ1v) is 7.41. The molecule has 1 saturated carbocycles. The summed E-state index contributed by atoms with van der Waals surface area (Å²) in [5.74, 6) is 1.21. The van der Waals surface area contributed by atoms with Crippen LogP contribution in [0.3, 0.4) is 0 Å². The molecule has 0 atom stereocenters. The first kappa shape index (κ1) is 15.2. The van der Waals surface area contributed by atoms with E-state index in [-0.39, 0.29) is 0 Å². The number of nitrogens with one attached hydrogen (secondary N) is 2. The molecular formula is C14H19ClN2O2S. The van der Waals surface area contributed by atoms with Crippen molar-refractivity contribution in [2.75, 3.05) is 19.5 Å². The molecule has 1 aliphatic rings. The number of benzene rings is 1. The van der Waals surface area contributed by atoms with E-state index in [1.807, 2.05) is 0 Å². The van der Waals surface area contributed by atoms with Crippen LogP contribution in [-0.2, 0) is 0 Å². The number of halogens is 1. The molecule has 6 heteroatoms. The summed E-state index contributed by atoms with van der Waals surface area (Å²) in [6.45, 7) is 0. The Morgan fingerprint density at radius 2 is 1.85 bits per heavy atom. The average Bonchev–Trinajstić information content (AvgIpc) is 2.91. The van der Waals surface area contributed by atoms with Crippen molar-refractivity contribution >= 4 is 34.6 Å². The maximum Gasteiger partial charge on any atom is 0.171 e. The molecule has 110 valence electrons. The SMILES string of the molecule is COc1cc(OC)c(NC(=S)NC2CCCC2)cc1Cl. The molecule has 1 aromatic carbocycles. The van der Waals surface area contributed by atoms with Crippen molar-refractivity contribution in [3.63, 3.8) is 0 Å². The highest BCUT2D eigenvalue weighted by Crippen LogP contribution is 2.35. The van der Waals surface area contributed by atoms with Crippen molar-refractivity contribution in [3.8, 4) is 11.5 Å². The third kappa shape index (κ3) is 3.67. The smallest absolute Gasteiger partial charge is 0.171 e. The van der Waals surface area contributed by atoms with Crippen LogP contribution in [0.4, 0.5) is 5.69 Å². The van der Waals surface area contributed by atoms with Crippen LogP contribution in [0.25, 0.3) is 0 Å². The molecule has 20 heavy (non-hydrogen) atoms. The minimum absolute atomic E-state index is 0.467. The summed E-state index contributed by atoms with van der Waals surface area (Å²) >= 11 is 11.5. The standard InChI is InChI=1S/C14H19ClN2O2S/c1-18-12-8-13(19-2)11(7-10(12)15)17-14(20)16-9-5-3-4-6-9/h7-9H,3-6H2,1-2H3,(H2,16,17,20). The van der Waals surface area contributed by atoms with Gasteiger partial charge in [0.2, 0.25) is 0 Å². The van der Waals surface area contributed by atoms with Gasteiger partial charge in [0, 0.05) is 12.1 Å². The van der Waals surface area contributed by atoms with Gasteiger partial charge in [0.1, 0.15) is 11.5 Å². The van der Waals surface area contributed by atoms with Gasteiger partial charge in [0.05, 0.1) is 24.9 Å². The number of thiocarbonyl (C=S) groups is 1. The van der Waals surface area contributed by atoms with E-state index in [0.29, 0.717) is 27.7 Å². The van der Waals surface area contributed by atoms with E-state index in [1.54, 1.807) is 26.4 Å². The van der Waals surface area contributed by atoms with Crippen molar-refractivity contribution in [2.24, 2.45) is 0 Å². The van der Waals surface area contributed by atoms with Gasteiger partial charge in [-0.25, -0.2) is 0 Å². The molecule has 0 saturated heterocycles. The van der Waals surface area contributed by atoms with Crippen LogP contribution in [0.5, 0.6) is 11.5 Å². The van der Waals surface area contributed by atoms with Crippen molar-refractivity contribution < 1.29 is 9.47 Å². The highest BCUT2D eigenvalue weighted by atomic mass is 35.5. The van der Waals surface area contributed by atoms with Crippen molar-refractivity contribution in [3.05, 3.63) is 17.2 Å². The zero-order valence-electron chi connectivity index (χ0n) is 11.7. The number of anilines is 1. The molecular weight excluding hydrogens is 296 g/mol. The highest BCUT2D eigenvalue weighted by molar-refractivity contribution is 7.80. The van der Waals surface area contributed by atoms with Crippen LogP contribution >= 0.6 is 23.8 Å². The Hall–Kier alpha value is -1.20. The minimum atomic E-state index is 0.467. The van der Waals surface area contributed by atoms with E-state index < -0.39 is 0 Å². The average molecular weight is 315 g/mol. The Bertz CT molecular complexity index is 490. The van der Waals surface area contributed by atoms with Crippen molar-refractivity contribution in [1.29, 1.82) is 0 Å². The summed E-state index contributed by atoms with van der Waals surface area (Å²) in [5, 5.41) is 7.56. The Morgan fingerprint density at radius 1 is 1.20 bits per heavy atom. The zero-order valence-corrected chi connectivity index (χ0v) is 13.2. The van der Waals surface area contributed by atoms with Crippen molar-refractivity contribution in [2.45, 2.75) is 31.7 Å². The Morgan fingerprint density at radius 3 is 2.45 bits per heavy atom. The topological polar surface area (TPSA) is 42.5 Å². The maximum atomic E-state index is 6.13. The van der Waals surface area contributed by atoms with Gasteiger partial charge in [-0.15, -0.1) is 0 Å². The fourth-order valence-corrected chi connectivity index (χ4v) is 2.89. The van der Waals surface area contributed by atoms with Crippen LogP contribution < -0.4 is 20.1 Å². The Kier molecular flexibility index (Phi) is 5.31. The maximum absolute atomic E-state index is 6.13. The number of ether oxygens (including phenoxy) is 2. The second kappa shape index (κ2) is 6.99. The summed E-state index contributed by atoms with van der Waals surface area (Å²) < 4.78 is 10.5. The Labute approximate surface area is 129 Å². The lowest BCUT2D eigenvalue weighted by molar-refractivity contribution is 0.396. The van der Waals surface area contributed by atoms with Crippen LogP contribution in [0.1, 0.15) is 25.7 Å². The van der Waals surface area contributed by atoms with E-state index in [0.717, 1.165) is 5.69 Å². The van der Waals surface area contributed by atoms with Gasteiger partial charge >= 0.3 is 0 Å². The minimum Gasteiger partial charge on any atom is -0.495 e. The van der Waals surface area contributed by atoms with Crippen LogP contribution in [0.15, 0.2) is 12.1 Å². The van der Waals surface area contributed by atoms with Gasteiger partial charge in [-0.1, -0.05) is 24.4 Å². The number of hydrogen-bond acceptors (Lipinski definition) is 3.